The fourth-order valence-electron chi connectivity index (χ4n) is 2.08. The van der Waals surface area contributed by atoms with Crippen LogP contribution in [0.15, 0.2) is 6.07 Å². The summed E-state index contributed by atoms with van der Waals surface area (Å²) in [6.45, 7) is 4.70. The maximum Gasteiger partial charge on any atom is 0.159 e. The number of rotatable bonds is 5. The summed E-state index contributed by atoms with van der Waals surface area (Å²) in [5, 5.41) is 18.3. The Morgan fingerprint density at radius 3 is 2.89 bits per heavy atom. The lowest BCUT2D eigenvalue weighted by Crippen LogP contribution is -2.31. The van der Waals surface area contributed by atoms with Crippen molar-refractivity contribution in [2.75, 3.05) is 6.61 Å². The largest absolute Gasteiger partial charge is 0.395 e. The molecule has 0 unspecified atom stereocenters. The van der Waals surface area contributed by atoms with Crippen molar-refractivity contribution in [2.24, 2.45) is 7.05 Å². The van der Waals surface area contributed by atoms with Crippen LogP contribution in [0.25, 0.3) is 11.0 Å². The van der Waals surface area contributed by atoms with Gasteiger partial charge in [0, 0.05) is 30.6 Å². The molecule has 5 nitrogen and oxygen atoms in total. The standard InChI is InChI=1S/C13H19ClN4O/c1-4-10(7-19)15-6-9-5-11-8(2)17-18(3)13(11)16-12(9)14/h5,10,15,19H,4,6-7H2,1-3H3/t10-/m1/s1. The third-order valence-corrected chi connectivity index (χ3v) is 3.65. The predicted molar refractivity (Wildman–Crippen MR) is 76.3 cm³/mol. The van der Waals surface area contributed by atoms with Crippen LogP contribution in [-0.4, -0.2) is 32.5 Å². The average Bonchev–Trinajstić information content (AvgIpc) is 2.66. The Balaban J connectivity index is 2.28. The summed E-state index contributed by atoms with van der Waals surface area (Å²) in [7, 11) is 1.86. The maximum atomic E-state index is 9.17. The van der Waals surface area contributed by atoms with Gasteiger partial charge in [-0.15, -0.1) is 0 Å². The molecule has 0 radical (unpaired) electrons. The van der Waals surface area contributed by atoms with Crippen LogP contribution in [0.1, 0.15) is 24.6 Å². The highest BCUT2D eigenvalue weighted by Crippen LogP contribution is 2.22. The van der Waals surface area contributed by atoms with Crippen molar-refractivity contribution in [3.63, 3.8) is 0 Å². The fourth-order valence-corrected chi connectivity index (χ4v) is 2.28. The van der Waals surface area contributed by atoms with E-state index in [0.717, 1.165) is 28.7 Å². The van der Waals surface area contributed by atoms with E-state index in [-0.39, 0.29) is 12.6 Å². The van der Waals surface area contributed by atoms with Gasteiger partial charge < -0.3 is 10.4 Å². The molecule has 0 aliphatic carbocycles. The molecule has 0 bridgehead atoms. The Hall–Kier alpha value is -1.17. The third kappa shape index (κ3) is 2.88. The summed E-state index contributed by atoms with van der Waals surface area (Å²) in [6, 6.07) is 2.10. The van der Waals surface area contributed by atoms with E-state index >= 15 is 0 Å². The number of fused-ring (bicyclic) bond motifs is 1. The molecule has 0 aliphatic heterocycles. The van der Waals surface area contributed by atoms with Crippen molar-refractivity contribution < 1.29 is 5.11 Å². The normalized spacial score (nSPS) is 13.1. The number of pyridine rings is 1. The summed E-state index contributed by atoms with van der Waals surface area (Å²) >= 11 is 6.20. The molecule has 0 spiro atoms. The quantitative estimate of drug-likeness (QED) is 0.821. The molecule has 2 N–H and O–H groups in total. The van der Waals surface area contributed by atoms with Crippen molar-refractivity contribution in [1.29, 1.82) is 0 Å². The van der Waals surface area contributed by atoms with Crippen LogP contribution >= 0.6 is 11.6 Å². The molecule has 0 amide bonds. The van der Waals surface area contributed by atoms with Gasteiger partial charge in [-0.25, -0.2) is 4.98 Å². The van der Waals surface area contributed by atoms with E-state index < -0.39 is 0 Å². The summed E-state index contributed by atoms with van der Waals surface area (Å²) in [5.41, 5.74) is 2.66. The predicted octanol–water partition coefficient (Wildman–Crippen LogP) is 1.79. The Morgan fingerprint density at radius 2 is 2.26 bits per heavy atom. The second-order valence-electron chi connectivity index (χ2n) is 4.69. The molecule has 2 aromatic heterocycles. The first-order chi connectivity index (χ1) is 9.06. The van der Waals surface area contributed by atoms with Gasteiger partial charge in [0.15, 0.2) is 5.65 Å². The number of aliphatic hydroxyl groups excluding tert-OH is 1. The van der Waals surface area contributed by atoms with Crippen LogP contribution in [0.3, 0.4) is 0 Å². The number of nitrogens with zero attached hydrogens (tertiary/aromatic N) is 3. The van der Waals surface area contributed by atoms with Gasteiger partial charge in [0.05, 0.1) is 12.3 Å². The van der Waals surface area contributed by atoms with Gasteiger partial charge in [-0.1, -0.05) is 18.5 Å². The molecule has 19 heavy (non-hydrogen) atoms. The molecule has 0 aromatic carbocycles. The smallest absolute Gasteiger partial charge is 0.159 e. The molecule has 0 aliphatic rings. The molecular weight excluding hydrogens is 264 g/mol. The highest BCUT2D eigenvalue weighted by Gasteiger charge is 2.12. The van der Waals surface area contributed by atoms with Crippen molar-refractivity contribution >= 4 is 22.6 Å². The minimum atomic E-state index is 0.0850. The number of aromatic nitrogens is 3. The number of aryl methyl sites for hydroxylation is 2. The van der Waals surface area contributed by atoms with E-state index in [2.05, 4.69) is 15.4 Å². The van der Waals surface area contributed by atoms with Gasteiger partial charge in [-0.05, 0) is 19.4 Å². The lowest BCUT2D eigenvalue weighted by molar-refractivity contribution is 0.238. The van der Waals surface area contributed by atoms with Crippen LogP contribution in [-0.2, 0) is 13.6 Å². The molecular formula is C13H19ClN4O. The molecule has 0 saturated carbocycles. The minimum absolute atomic E-state index is 0.0850. The molecule has 0 fully saturated rings. The zero-order valence-electron chi connectivity index (χ0n) is 11.4. The van der Waals surface area contributed by atoms with Crippen molar-refractivity contribution in [3.05, 3.63) is 22.5 Å². The van der Waals surface area contributed by atoms with E-state index in [1.54, 1.807) is 4.68 Å². The summed E-state index contributed by atoms with van der Waals surface area (Å²) in [5.74, 6) is 0. The highest BCUT2D eigenvalue weighted by molar-refractivity contribution is 6.30. The maximum absolute atomic E-state index is 9.17. The second-order valence-corrected chi connectivity index (χ2v) is 5.05. The Kier molecular flexibility index (Phi) is 4.39. The van der Waals surface area contributed by atoms with Crippen LogP contribution in [0.4, 0.5) is 0 Å². The van der Waals surface area contributed by atoms with E-state index in [1.807, 2.05) is 27.0 Å². The number of hydrogen-bond acceptors (Lipinski definition) is 4. The lowest BCUT2D eigenvalue weighted by atomic mass is 10.2. The van der Waals surface area contributed by atoms with Crippen LogP contribution < -0.4 is 5.32 Å². The van der Waals surface area contributed by atoms with Gasteiger partial charge in [0.1, 0.15) is 5.15 Å². The van der Waals surface area contributed by atoms with Gasteiger partial charge in [0.2, 0.25) is 0 Å². The summed E-state index contributed by atoms with van der Waals surface area (Å²) < 4.78 is 1.73. The molecule has 2 rings (SSSR count). The minimum Gasteiger partial charge on any atom is -0.395 e. The second kappa shape index (κ2) is 5.86. The van der Waals surface area contributed by atoms with E-state index in [9.17, 15) is 0 Å². The van der Waals surface area contributed by atoms with E-state index in [0.29, 0.717) is 11.7 Å². The molecule has 104 valence electrons. The Labute approximate surface area is 117 Å². The Bertz CT molecular complexity index is 578. The molecule has 1 atom stereocenters. The van der Waals surface area contributed by atoms with E-state index in [4.69, 9.17) is 16.7 Å². The number of aliphatic hydroxyl groups is 1. The summed E-state index contributed by atoms with van der Waals surface area (Å²) in [6.07, 6.45) is 0.871. The molecule has 0 saturated heterocycles. The number of hydrogen-bond donors (Lipinski definition) is 2. The van der Waals surface area contributed by atoms with Crippen LogP contribution in [0.5, 0.6) is 0 Å². The van der Waals surface area contributed by atoms with Crippen LogP contribution in [0, 0.1) is 6.92 Å². The Morgan fingerprint density at radius 1 is 1.53 bits per heavy atom. The first-order valence-corrected chi connectivity index (χ1v) is 6.77. The highest BCUT2D eigenvalue weighted by atomic mass is 35.5. The van der Waals surface area contributed by atoms with Gasteiger partial charge in [-0.2, -0.15) is 5.10 Å². The topological polar surface area (TPSA) is 63.0 Å². The fraction of sp³-hybridized carbons (Fsp3) is 0.538. The lowest BCUT2D eigenvalue weighted by Gasteiger charge is -2.14. The van der Waals surface area contributed by atoms with Crippen molar-refractivity contribution in [1.82, 2.24) is 20.1 Å². The monoisotopic (exact) mass is 282 g/mol. The average molecular weight is 283 g/mol. The van der Waals surface area contributed by atoms with Gasteiger partial charge in [-0.3, -0.25) is 4.68 Å². The van der Waals surface area contributed by atoms with Gasteiger partial charge in [0.25, 0.3) is 0 Å². The van der Waals surface area contributed by atoms with Crippen LogP contribution in [0.2, 0.25) is 5.15 Å². The van der Waals surface area contributed by atoms with Crippen molar-refractivity contribution in [2.45, 2.75) is 32.9 Å². The molecule has 6 heteroatoms. The van der Waals surface area contributed by atoms with E-state index in [1.165, 1.54) is 0 Å². The number of nitrogens with one attached hydrogen (secondary N) is 1. The first-order valence-electron chi connectivity index (χ1n) is 6.39. The third-order valence-electron chi connectivity index (χ3n) is 3.32. The molecule has 2 heterocycles. The van der Waals surface area contributed by atoms with Crippen molar-refractivity contribution in [3.8, 4) is 0 Å². The number of halogens is 1. The zero-order chi connectivity index (χ0) is 14.0. The SMILES string of the molecule is CC[C@H](CO)NCc1cc2c(C)nn(C)c2nc1Cl. The van der Waals surface area contributed by atoms with Gasteiger partial charge >= 0.3 is 0 Å². The molecule has 2 aromatic rings. The first kappa shape index (κ1) is 14.2. The summed E-state index contributed by atoms with van der Waals surface area (Å²) in [4.78, 5) is 4.39. The zero-order valence-corrected chi connectivity index (χ0v) is 12.2.